The van der Waals surface area contributed by atoms with Crippen LogP contribution in [0.25, 0.3) is 0 Å². The van der Waals surface area contributed by atoms with E-state index >= 15 is 0 Å². The Balaban J connectivity index is 2.09. The minimum Gasteiger partial charge on any atom is -0.497 e. The van der Waals surface area contributed by atoms with Gasteiger partial charge in [0.25, 0.3) is 0 Å². The molecule has 1 aromatic rings. The lowest BCUT2D eigenvalue weighted by atomic mass is 9.98. The quantitative estimate of drug-likeness (QED) is 0.790. The molecule has 1 fully saturated rings. The average molecular weight is 277 g/mol. The molecule has 1 saturated carbocycles. The lowest BCUT2D eigenvalue weighted by Gasteiger charge is -2.28. The van der Waals surface area contributed by atoms with Gasteiger partial charge in [0.15, 0.2) is 0 Å². The second-order valence-corrected chi connectivity index (χ2v) is 6.06. The normalized spacial score (nSPS) is 18.1. The number of hydrogen-bond acceptors (Lipinski definition) is 3. The first kappa shape index (κ1) is 15.3. The van der Waals surface area contributed by atoms with Crippen LogP contribution in [0.3, 0.4) is 0 Å². The molecule has 0 spiro atoms. The predicted octanol–water partition coefficient (Wildman–Crippen LogP) is 3.41. The Morgan fingerprint density at radius 1 is 1.15 bits per heavy atom. The van der Waals surface area contributed by atoms with E-state index in [-0.39, 0.29) is 0 Å². The molecule has 3 nitrogen and oxygen atoms in total. The Kier molecular flexibility index (Phi) is 5.44. The molecule has 20 heavy (non-hydrogen) atoms. The van der Waals surface area contributed by atoms with E-state index in [1.165, 1.54) is 18.4 Å². The Morgan fingerprint density at radius 2 is 1.80 bits per heavy atom. The summed E-state index contributed by atoms with van der Waals surface area (Å²) in [5, 5.41) is 3.80. The molecular formula is C17H27NO2. The van der Waals surface area contributed by atoms with Crippen molar-refractivity contribution in [2.45, 2.75) is 38.8 Å². The summed E-state index contributed by atoms with van der Waals surface area (Å²) in [5.74, 6) is 2.25. The Bertz CT molecular complexity index is 398. The van der Waals surface area contributed by atoms with Crippen LogP contribution in [-0.2, 0) is 4.74 Å². The minimum atomic E-state index is 0.396. The fourth-order valence-corrected chi connectivity index (χ4v) is 2.59. The van der Waals surface area contributed by atoms with Gasteiger partial charge in [0.05, 0.1) is 13.7 Å². The average Bonchev–Trinajstić information content (AvgIpc) is 3.28. The van der Waals surface area contributed by atoms with Gasteiger partial charge in [-0.3, -0.25) is 0 Å². The summed E-state index contributed by atoms with van der Waals surface area (Å²) >= 11 is 0. The maximum absolute atomic E-state index is 5.36. The Hall–Kier alpha value is -1.06. The zero-order valence-electron chi connectivity index (χ0n) is 13.1. The van der Waals surface area contributed by atoms with Gasteiger partial charge in [0, 0.05) is 19.2 Å². The van der Waals surface area contributed by atoms with E-state index in [4.69, 9.17) is 9.47 Å². The minimum absolute atomic E-state index is 0.396. The van der Waals surface area contributed by atoms with Crippen molar-refractivity contribution >= 4 is 0 Å². The summed E-state index contributed by atoms with van der Waals surface area (Å²) in [4.78, 5) is 0. The fourth-order valence-electron chi connectivity index (χ4n) is 2.59. The van der Waals surface area contributed by atoms with E-state index in [0.717, 1.165) is 18.3 Å². The first-order valence-electron chi connectivity index (χ1n) is 7.54. The van der Waals surface area contributed by atoms with Crippen LogP contribution in [0.1, 0.15) is 38.3 Å². The highest BCUT2D eigenvalue weighted by Gasteiger charge is 2.34. The molecule has 1 aromatic carbocycles. The first-order chi connectivity index (χ1) is 9.65. The monoisotopic (exact) mass is 277 g/mol. The van der Waals surface area contributed by atoms with Crippen molar-refractivity contribution in [2.24, 2.45) is 11.8 Å². The van der Waals surface area contributed by atoms with E-state index in [1.54, 1.807) is 14.2 Å². The molecule has 0 aliphatic heterocycles. The molecule has 0 aromatic heterocycles. The maximum Gasteiger partial charge on any atom is 0.118 e. The zero-order valence-corrected chi connectivity index (χ0v) is 13.1. The van der Waals surface area contributed by atoms with Crippen LogP contribution in [0.2, 0.25) is 0 Å². The summed E-state index contributed by atoms with van der Waals surface area (Å²) < 4.78 is 10.6. The number of rotatable bonds is 8. The summed E-state index contributed by atoms with van der Waals surface area (Å²) in [7, 11) is 3.48. The smallest absolute Gasteiger partial charge is 0.118 e. The van der Waals surface area contributed by atoms with Crippen LogP contribution in [-0.4, -0.2) is 26.9 Å². The van der Waals surface area contributed by atoms with Crippen molar-refractivity contribution in [2.75, 3.05) is 20.8 Å². The third kappa shape index (κ3) is 3.97. The van der Waals surface area contributed by atoms with Gasteiger partial charge in [-0.15, -0.1) is 0 Å². The van der Waals surface area contributed by atoms with Crippen molar-refractivity contribution in [3.63, 3.8) is 0 Å². The summed E-state index contributed by atoms with van der Waals surface area (Å²) in [6.07, 6.45) is 2.64. The standard InChI is InChI=1S/C17H27NO2/c1-12(2)16(11-19-3)18-17(13-5-6-13)14-7-9-15(20-4)10-8-14/h7-10,12-13,16-18H,5-6,11H2,1-4H3. The van der Waals surface area contributed by atoms with Crippen molar-refractivity contribution in [3.8, 4) is 5.75 Å². The molecule has 2 atom stereocenters. The van der Waals surface area contributed by atoms with Crippen LogP contribution < -0.4 is 10.1 Å². The van der Waals surface area contributed by atoms with E-state index in [9.17, 15) is 0 Å². The van der Waals surface area contributed by atoms with Crippen LogP contribution in [0.15, 0.2) is 24.3 Å². The highest BCUT2D eigenvalue weighted by Crippen LogP contribution is 2.41. The molecular weight excluding hydrogens is 250 g/mol. The first-order valence-corrected chi connectivity index (χ1v) is 7.54. The highest BCUT2D eigenvalue weighted by atomic mass is 16.5. The molecule has 1 aliphatic rings. The fraction of sp³-hybridized carbons (Fsp3) is 0.647. The van der Waals surface area contributed by atoms with Gasteiger partial charge in [0.2, 0.25) is 0 Å². The molecule has 112 valence electrons. The van der Waals surface area contributed by atoms with Gasteiger partial charge < -0.3 is 14.8 Å². The number of nitrogens with one attached hydrogen (secondary N) is 1. The van der Waals surface area contributed by atoms with E-state index in [1.807, 2.05) is 12.1 Å². The van der Waals surface area contributed by atoms with Crippen molar-refractivity contribution < 1.29 is 9.47 Å². The van der Waals surface area contributed by atoms with E-state index in [0.29, 0.717) is 18.0 Å². The summed E-state index contributed by atoms with van der Waals surface area (Å²) in [6, 6.07) is 9.29. The molecule has 2 unspecified atom stereocenters. The Labute approximate surface area is 122 Å². The van der Waals surface area contributed by atoms with Crippen LogP contribution in [0, 0.1) is 11.8 Å². The summed E-state index contributed by atoms with van der Waals surface area (Å²) in [5.41, 5.74) is 1.36. The molecule has 3 heteroatoms. The highest BCUT2D eigenvalue weighted by molar-refractivity contribution is 5.30. The molecule has 0 amide bonds. The van der Waals surface area contributed by atoms with Crippen LogP contribution >= 0.6 is 0 Å². The van der Waals surface area contributed by atoms with Gasteiger partial charge in [-0.25, -0.2) is 0 Å². The van der Waals surface area contributed by atoms with Crippen molar-refractivity contribution in [1.82, 2.24) is 5.32 Å². The van der Waals surface area contributed by atoms with Crippen LogP contribution in [0.5, 0.6) is 5.75 Å². The lowest BCUT2D eigenvalue weighted by molar-refractivity contribution is 0.138. The molecule has 1 aliphatic carbocycles. The molecule has 2 rings (SSSR count). The number of benzene rings is 1. The maximum atomic E-state index is 5.36. The lowest BCUT2D eigenvalue weighted by Crippen LogP contribution is -2.40. The summed E-state index contributed by atoms with van der Waals surface area (Å²) in [6.45, 7) is 5.25. The number of hydrogen-bond donors (Lipinski definition) is 1. The second-order valence-electron chi connectivity index (χ2n) is 6.06. The largest absolute Gasteiger partial charge is 0.497 e. The van der Waals surface area contributed by atoms with Gasteiger partial charge in [-0.05, 0) is 42.4 Å². The second kappa shape index (κ2) is 7.09. The number of methoxy groups -OCH3 is 2. The van der Waals surface area contributed by atoms with Crippen molar-refractivity contribution in [3.05, 3.63) is 29.8 Å². The van der Waals surface area contributed by atoms with Crippen LogP contribution in [0.4, 0.5) is 0 Å². The third-order valence-electron chi connectivity index (χ3n) is 4.11. The molecule has 1 N–H and O–H groups in total. The SMILES string of the molecule is COCC(NC(c1ccc(OC)cc1)C1CC1)C(C)C. The zero-order chi connectivity index (χ0) is 14.5. The van der Waals surface area contributed by atoms with E-state index in [2.05, 4.69) is 31.3 Å². The Morgan fingerprint density at radius 3 is 2.25 bits per heavy atom. The van der Waals surface area contributed by atoms with Gasteiger partial charge in [0.1, 0.15) is 5.75 Å². The topological polar surface area (TPSA) is 30.5 Å². The molecule has 0 bridgehead atoms. The van der Waals surface area contributed by atoms with Gasteiger partial charge >= 0.3 is 0 Å². The number of ether oxygens (including phenoxy) is 2. The molecule has 0 saturated heterocycles. The molecule has 0 heterocycles. The third-order valence-corrected chi connectivity index (χ3v) is 4.11. The molecule has 0 radical (unpaired) electrons. The van der Waals surface area contributed by atoms with E-state index < -0.39 is 0 Å². The van der Waals surface area contributed by atoms with Gasteiger partial charge in [-0.1, -0.05) is 26.0 Å². The predicted molar refractivity (Wildman–Crippen MR) is 82.1 cm³/mol. The van der Waals surface area contributed by atoms with Crippen molar-refractivity contribution in [1.29, 1.82) is 0 Å². The van der Waals surface area contributed by atoms with Gasteiger partial charge in [-0.2, -0.15) is 0 Å².